The summed E-state index contributed by atoms with van der Waals surface area (Å²) in [7, 11) is 0. The topological polar surface area (TPSA) is 95.2 Å². The Morgan fingerprint density at radius 3 is 2.36 bits per heavy atom. The van der Waals surface area contributed by atoms with Crippen LogP contribution in [-0.4, -0.2) is 17.7 Å². The van der Waals surface area contributed by atoms with Crippen LogP contribution in [0.2, 0.25) is 0 Å². The molecule has 0 bridgehead atoms. The largest absolute Gasteiger partial charge is 0.426 e. The number of benzene rings is 2. The molecule has 3 rings (SSSR count). The lowest BCUT2D eigenvalue weighted by Crippen LogP contribution is -2.13. The molecule has 0 aliphatic rings. The van der Waals surface area contributed by atoms with Crippen molar-refractivity contribution in [1.29, 1.82) is 0 Å². The quantitative estimate of drug-likeness (QED) is 0.172. The molecule has 0 unspecified atom stereocenters. The molecule has 0 amide bonds. The van der Waals surface area contributed by atoms with Crippen LogP contribution < -0.4 is 10.4 Å². The fraction of sp³-hybridized carbons (Fsp3) is 0.143. The summed E-state index contributed by atoms with van der Waals surface area (Å²) in [5.41, 5.74) is 1.30. The van der Waals surface area contributed by atoms with Gasteiger partial charge in [-0.1, -0.05) is 35.5 Å². The third kappa shape index (κ3) is 3.98. The van der Waals surface area contributed by atoms with Crippen LogP contribution in [0, 0.1) is 6.92 Å². The van der Waals surface area contributed by atoms with Crippen molar-refractivity contribution in [2.75, 3.05) is 0 Å². The highest BCUT2D eigenvalue weighted by molar-refractivity contribution is 6.20. The molecule has 0 aliphatic heterocycles. The summed E-state index contributed by atoms with van der Waals surface area (Å²) in [5.74, 6) is -1.06. The molecule has 2 aromatic carbocycles. The Bertz CT molecular complexity index is 1140. The molecule has 0 aliphatic carbocycles. The lowest BCUT2D eigenvalue weighted by Gasteiger charge is -2.14. The lowest BCUT2D eigenvalue weighted by atomic mass is 9.98. The van der Waals surface area contributed by atoms with Gasteiger partial charge in [-0.15, -0.1) is 0 Å². The molecule has 142 valence electrons. The summed E-state index contributed by atoms with van der Waals surface area (Å²) >= 11 is 0. The molecule has 28 heavy (non-hydrogen) atoms. The van der Waals surface area contributed by atoms with Crippen LogP contribution in [0.5, 0.6) is 5.75 Å². The third-order valence-electron chi connectivity index (χ3n) is 3.88. The Morgan fingerprint density at radius 2 is 1.71 bits per heavy atom. The zero-order chi connectivity index (χ0) is 20.3. The predicted octanol–water partition coefficient (Wildman–Crippen LogP) is 3.34. The first kappa shape index (κ1) is 19.0. The standard InChI is InChI=1S/C21H17NO6/c1-12-11-18(25)27-21-16(12)9-10-17(26-13(2)23)19(21)20(22-28-14(3)24)15-7-5-4-6-8-15/h4-11H,1-3H3/b22-20-. The summed E-state index contributed by atoms with van der Waals surface area (Å²) in [6, 6.07) is 13.5. The van der Waals surface area contributed by atoms with Crippen LogP contribution in [0.3, 0.4) is 0 Å². The third-order valence-corrected chi connectivity index (χ3v) is 3.88. The maximum Gasteiger partial charge on any atom is 0.336 e. The molecule has 0 atom stereocenters. The van der Waals surface area contributed by atoms with Gasteiger partial charge in [0.2, 0.25) is 0 Å². The fourth-order valence-corrected chi connectivity index (χ4v) is 2.78. The van der Waals surface area contributed by atoms with Crippen LogP contribution in [-0.2, 0) is 14.4 Å². The molecular weight excluding hydrogens is 362 g/mol. The molecule has 0 fully saturated rings. The average molecular weight is 379 g/mol. The number of aryl methyl sites for hydroxylation is 1. The van der Waals surface area contributed by atoms with E-state index in [-0.39, 0.29) is 22.6 Å². The molecule has 0 saturated carbocycles. The fourth-order valence-electron chi connectivity index (χ4n) is 2.78. The summed E-state index contributed by atoms with van der Waals surface area (Å²) in [6.45, 7) is 4.23. The molecule has 0 spiro atoms. The van der Waals surface area contributed by atoms with Crippen LogP contribution in [0.15, 0.2) is 62.9 Å². The minimum Gasteiger partial charge on any atom is -0.426 e. The van der Waals surface area contributed by atoms with Gasteiger partial charge < -0.3 is 14.0 Å². The van der Waals surface area contributed by atoms with Gasteiger partial charge in [-0.2, -0.15) is 0 Å². The van der Waals surface area contributed by atoms with Crippen molar-refractivity contribution in [2.24, 2.45) is 5.16 Å². The first-order valence-corrected chi connectivity index (χ1v) is 8.44. The Morgan fingerprint density at radius 1 is 1.00 bits per heavy atom. The average Bonchev–Trinajstić information content (AvgIpc) is 2.63. The Balaban J connectivity index is 2.41. The monoisotopic (exact) mass is 379 g/mol. The van der Waals surface area contributed by atoms with E-state index >= 15 is 0 Å². The van der Waals surface area contributed by atoms with Gasteiger partial charge in [-0.25, -0.2) is 9.59 Å². The number of carbonyl (C=O) groups excluding carboxylic acids is 2. The number of ether oxygens (including phenoxy) is 1. The van der Waals surface area contributed by atoms with E-state index < -0.39 is 17.6 Å². The smallest absolute Gasteiger partial charge is 0.336 e. The van der Waals surface area contributed by atoms with Crippen molar-refractivity contribution >= 4 is 28.6 Å². The van der Waals surface area contributed by atoms with E-state index in [2.05, 4.69) is 5.16 Å². The van der Waals surface area contributed by atoms with E-state index in [0.29, 0.717) is 16.5 Å². The summed E-state index contributed by atoms with van der Waals surface area (Å²) < 4.78 is 10.8. The summed E-state index contributed by atoms with van der Waals surface area (Å²) in [6.07, 6.45) is 0. The number of esters is 1. The molecule has 7 nitrogen and oxygen atoms in total. The molecule has 0 saturated heterocycles. The highest BCUT2D eigenvalue weighted by atomic mass is 16.7. The van der Waals surface area contributed by atoms with Crippen molar-refractivity contribution < 1.29 is 23.6 Å². The van der Waals surface area contributed by atoms with Crippen LogP contribution >= 0.6 is 0 Å². The Labute approximate surface area is 160 Å². The molecule has 3 aromatic rings. The van der Waals surface area contributed by atoms with Crippen molar-refractivity contribution in [3.8, 4) is 5.75 Å². The number of rotatable bonds is 4. The minimum absolute atomic E-state index is 0.128. The summed E-state index contributed by atoms with van der Waals surface area (Å²) in [5, 5.41) is 4.59. The summed E-state index contributed by atoms with van der Waals surface area (Å²) in [4.78, 5) is 39.9. The van der Waals surface area contributed by atoms with E-state index in [1.807, 2.05) is 6.07 Å². The van der Waals surface area contributed by atoms with Gasteiger partial charge in [0.1, 0.15) is 11.5 Å². The van der Waals surface area contributed by atoms with Gasteiger partial charge in [-0.3, -0.25) is 4.79 Å². The highest BCUT2D eigenvalue weighted by Crippen LogP contribution is 2.32. The molecular formula is C21H17NO6. The number of hydrogen-bond donors (Lipinski definition) is 0. The predicted molar refractivity (Wildman–Crippen MR) is 102 cm³/mol. The Kier molecular flexibility index (Phi) is 5.35. The zero-order valence-corrected chi connectivity index (χ0v) is 15.5. The first-order valence-electron chi connectivity index (χ1n) is 8.44. The van der Waals surface area contributed by atoms with E-state index in [4.69, 9.17) is 14.0 Å². The van der Waals surface area contributed by atoms with Gasteiger partial charge in [0, 0.05) is 30.9 Å². The van der Waals surface area contributed by atoms with Crippen LogP contribution in [0.25, 0.3) is 11.0 Å². The Hall–Kier alpha value is -3.74. The lowest BCUT2D eigenvalue weighted by molar-refractivity contribution is -0.141. The van der Waals surface area contributed by atoms with Gasteiger partial charge in [0.25, 0.3) is 0 Å². The van der Waals surface area contributed by atoms with Crippen molar-refractivity contribution in [3.63, 3.8) is 0 Å². The van der Waals surface area contributed by atoms with E-state index in [0.717, 1.165) is 0 Å². The highest BCUT2D eigenvalue weighted by Gasteiger charge is 2.22. The van der Waals surface area contributed by atoms with E-state index in [1.54, 1.807) is 43.3 Å². The van der Waals surface area contributed by atoms with Gasteiger partial charge >= 0.3 is 17.6 Å². The number of nitrogens with zero attached hydrogens (tertiary/aromatic N) is 1. The molecule has 0 radical (unpaired) electrons. The van der Waals surface area contributed by atoms with Crippen molar-refractivity contribution in [1.82, 2.24) is 0 Å². The van der Waals surface area contributed by atoms with Gasteiger partial charge in [0.05, 0.1) is 5.56 Å². The maximum absolute atomic E-state index is 12.0. The zero-order valence-electron chi connectivity index (χ0n) is 15.5. The second kappa shape index (κ2) is 7.87. The van der Waals surface area contributed by atoms with Gasteiger partial charge in [-0.05, 0) is 24.6 Å². The maximum atomic E-state index is 12.0. The van der Waals surface area contributed by atoms with Crippen molar-refractivity contribution in [3.05, 3.63) is 75.6 Å². The molecule has 1 aromatic heterocycles. The van der Waals surface area contributed by atoms with Crippen molar-refractivity contribution in [2.45, 2.75) is 20.8 Å². The molecule has 7 heteroatoms. The minimum atomic E-state index is -0.625. The van der Waals surface area contributed by atoms with Gasteiger partial charge in [0.15, 0.2) is 5.58 Å². The SMILES string of the molecule is CC(=O)O/N=C(/c1ccccc1)c1c(OC(C)=O)ccc2c(C)cc(=O)oc12. The second-order valence-corrected chi connectivity index (χ2v) is 6.05. The number of oxime groups is 1. The second-order valence-electron chi connectivity index (χ2n) is 6.05. The number of carbonyl (C=O) groups is 2. The van der Waals surface area contributed by atoms with E-state index in [9.17, 15) is 14.4 Å². The normalized spacial score (nSPS) is 11.3. The first-order chi connectivity index (χ1) is 13.4. The van der Waals surface area contributed by atoms with Crippen LogP contribution in [0.4, 0.5) is 0 Å². The number of hydrogen-bond acceptors (Lipinski definition) is 7. The molecule has 1 heterocycles. The van der Waals surface area contributed by atoms with Crippen LogP contribution in [0.1, 0.15) is 30.5 Å². The molecule has 0 N–H and O–H groups in total. The number of fused-ring (bicyclic) bond motifs is 1. The van der Waals surface area contributed by atoms with E-state index in [1.165, 1.54) is 19.9 Å².